The number of nitrogens with zero attached hydrogens (tertiary/aromatic N) is 2. The van der Waals surface area contributed by atoms with Crippen LogP contribution in [0.1, 0.15) is 38.5 Å². The first-order valence-corrected chi connectivity index (χ1v) is 6.68. The highest BCUT2D eigenvalue weighted by molar-refractivity contribution is 5.75. The maximum Gasteiger partial charge on any atom is 0.222 e. The zero-order valence-electron chi connectivity index (χ0n) is 11.5. The van der Waals surface area contributed by atoms with Gasteiger partial charge in [-0.15, -0.1) is 0 Å². The first kappa shape index (κ1) is 14.5. The average molecular weight is 241 g/mol. The largest absolute Gasteiger partial charge is 0.349 e. The molecule has 0 aliphatic heterocycles. The standard InChI is InChI=1S/C13H27N3O/c1-15(2)13(17)9-6-10-16(3)12-8-5-4-7-11(12)14/h11-12H,4-10,14H2,1-3H3. The van der Waals surface area contributed by atoms with Crippen LogP contribution in [0.4, 0.5) is 0 Å². The molecule has 1 aliphatic carbocycles. The number of carbonyl (C=O) groups excluding carboxylic acids is 1. The molecule has 0 bridgehead atoms. The van der Waals surface area contributed by atoms with Crippen LogP contribution in [0.5, 0.6) is 0 Å². The summed E-state index contributed by atoms with van der Waals surface area (Å²) >= 11 is 0. The molecule has 0 spiro atoms. The molecule has 1 saturated carbocycles. The number of amides is 1. The molecule has 0 heterocycles. The Bertz CT molecular complexity index is 243. The lowest BCUT2D eigenvalue weighted by atomic mass is 9.90. The minimum atomic E-state index is 0.214. The number of likely N-dealkylation sites (N-methyl/N-ethyl adjacent to an activating group) is 1. The van der Waals surface area contributed by atoms with E-state index in [0.717, 1.165) is 19.4 Å². The SMILES string of the molecule is CN(C)C(=O)CCCN(C)C1CCCCC1N. The lowest BCUT2D eigenvalue weighted by Gasteiger charge is -2.36. The molecular formula is C13H27N3O. The van der Waals surface area contributed by atoms with Crippen LogP contribution in [-0.2, 0) is 4.79 Å². The van der Waals surface area contributed by atoms with E-state index >= 15 is 0 Å². The molecule has 100 valence electrons. The molecule has 0 saturated heterocycles. The number of hydrogen-bond acceptors (Lipinski definition) is 3. The Balaban J connectivity index is 2.24. The number of hydrogen-bond donors (Lipinski definition) is 1. The van der Waals surface area contributed by atoms with Crippen LogP contribution in [0.25, 0.3) is 0 Å². The van der Waals surface area contributed by atoms with Gasteiger partial charge in [0, 0.05) is 32.6 Å². The highest BCUT2D eigenvalue weighted by atomic mass is 16.2. The third-order valence-corrected chi connectivity index (χ3v) is 3.75. The second-order valence-electron chi connectivity index (χ2n) is 5.39. The summed E-state index contributed by atoms with van der Waals surface area (Å²) in [5, 5.41) is 0. The molecule has 4 nitrogen and oxygen atoms in total. The van der Waals surface area contributed by atoms with Crippen LogP contribution >= 0.6 is 0 Å². The molecule has 17 heavy (non-hydrogen) atoms. The summed E-state index contributed by atoms with van der Waals surface area (Å²) in [6.07, 6.45) is 6.48. The van der Waals surface area contributed by atoms with Crippen molar-refractivity contribution in [1.82, 2.24) is 9.80 Å². The number of nitrogens with two attached hydrogens (primary N) is 1. The van der Waals surface area contributed by atoms with Gasteiger partial charge >= 0.3 is 0 Å². The predicted molar refractivity (Wildman–Crippen MR) is 70.8 cm³/mol. The Morgan fingerprint density at radius 1 is 1.24 bits per heavy atom. The maximum atomic E-state index is 11.4. The van der Waals surface area contributed by atoms with Crippen molar-refractivity contribution in [1.29, 1.82) is 0 Å². The molecule has 4 heteroatoms. The highest BCUT2D eigenvalue weighted by Crippen LogP contribution is 2.21. The van der Waals surface area contributed by atoms with Gasteiger partial charge in [0.1, 0.15) is 0 Å². The van der Waals surface area contributed by atoms with Crippen molar-refractivity contribution in [3.8, 4) is 0 Å². The summed E-state index contributed by atoms with van der Waals surface area (Å²) in [6.45, 7) is 0.970. The van der Waals surface area contributed by atoms with Gasteiger partial charge in [-0.05, 0) is 32.9 Å². The molecule has 0 aromatic heterocycles. The Morgan fingerprint density at radius 3 is 2.47 bits per heavy atom. The van der Waals surface area contributed by atoms with Gasteiger partial charge in [-0.3, -0.25) is 4.79 Å². The minimum absolute atomic E-state index is 0.214. The molecule has 2 atom stereocenters. The van der Waals surface area contributed by atoms with E-state index in [4.69, 9.17) is 5.73 Å². The third-order valence-electron chi connectivity index (χ3n) is 3.75. The van der Waals surface area contributed by atoms with Gasteiger partial charge in [-0.25, -0.2) is 0 Å². The van der Waals surface area contributed by atoms with Gasteiger partial charge in [0.15, 0.2) is 0 Å². The Labute approximate surface area is 105 Å². The minimum Gasteiger partial charge on any atom is -0.349 e. The van der Waals surface area contributed by atoms with E-state index in [0.29, 0.717) is 18.5 Å². The number of rotatable bonds is 5. The van der Waals surface area contributed by atoms with Crippen molar-refractivity contribution < 1.29 is 4.79 Å². The fourth-order valence-corrected chi connectivity index (χ4v) is 2.56. The van der Waals surface area contributed by atoms with Crippen LogP contribution in [0.15, 0.2) is 0 Å². The monoisotopic (exact) mass is 241 g/mol. The van der Waals surface area contributed by atoms with Crippen molar-refractivity contribution >= 4 is 5.91 Å². The average Bonchev–Trinajstić information content (AvgIpc) is 2.29. The fourth-order valence-electron chi connectivity index (χ4n) is 2.56. The molecule has 0 radical (unpaired) electrons. The summed E-state index contributed by atoms with van der Waals surface area (Å²) in [5.74, 6) is 0.214. The van der Waals surface area contributed by atoms with Gasteiger partial charge < -0.3 is 15.5 Å². The van der Waals surface area contributed by atoms with Crippen molar-refractivity contribution in [2.24, 2.45) is 5.73 Å². The van der Waals surface area contributed by atoms with Crippen LogP contribution in [-0.4, -0.2) is 55.5 Å². The van der Waals surface area contributed by atoms with Gasteiger partial charge in [0.2, 0.25) is 5.91 Å². The van der Waals surface area contributed by atoms with Gasteiger partial charge in [0.05, 0.1) is 0 Å². The molecular weight excluding hydrogens is 214 g/mol. The summed E-state index contributed by atoms with van der Waals surface area (Å²) in [6, 6.07) is 0.830. The van der Waals surface area contributed by atoms with E-state index in [1.807, 2.05) is 14.1 Å². The van der Waals surface area contributed by atoms with E-state index in [2.05, 4.69) is 11.9 Å². The molecule has 1 rings (SSSR count). The van der Waals surface area contributed by atoms with Crippen molar-refractivity contribution in [3.05, 3.63) is 0 Å². The summed E-state index contributed by atoms with van der Waals surface area (Å²) in [7, 11) is 5.75. The molecule has 1 amide bonds. The zero-order chi connectivity index (χ0) is 12.8. The van der Waals surface area contributed by atoms with Crippen LogP contribution in [0.3, 0.4) is 0 Å². The summed E-state index contributed by atoms with van der Waals surface area (Å²) in [5.41, 5.74) is 6.14. The molecule has 1 aliphatic rings. The first-order chi connectivity index (χ1) is 8.02. The lowest BCUT2D eigenvalue weighted by molar-refractivity contribution is -0.128. The van der Waals surface area contributed by atoms with Gasteiger partial charge in [-0.2, -0.15) is 0 Å². The first-order valence-electron chi connectivity index (χ1n) is 6.68. The Morgan fingerprint density at radius 2 is 1.88 bits per heavy atom. The van der Waals surface area contributed by atoms with Crippen LogP contribution in [0.2, 0.25) is 0 Å². The van der Waals surface area contributed by atoms with E-state index in [-0.39, 0.29) is 5.91 Å². The normalized spacial score (nSPS) is 25.0. The number of carbonyl (C=O) groups is 1. The summed E-state index contributed by atoms with van der Waals surface area (Å²) < 4.78 is 0. The van der Waals surface area contributed by atoms with E-state index in [1.54, 1.807) is 4.90 Å². The van der Waals surface area contributed by atoms with E-state index < -0.39 is 0 Å². The molecule has 2 unspecified atom stereocenters. The fraction of sp³-hybridized carbons (Fsp3) is 0.923. The maximum absolute atomic E-state index is 11.4. The smallest absolute Gasteiger partial charge is 0.222 e. The van der Waals surface area contributed by atoms with Crippen molar-refractivity contribution in [2.75, 3.05) is 27.7 Å². The van der Waals surface area contributed by atoms with Crippen molar-refractivity contribution in [2.45, 2.75) is 50.6 Å². The molecule has 2 N–H and O–H groups in total. The van der Waals surface area contributed by atoms with Crippen LogP contribution < -0.4 is 5.73 Å². The van der Waals surface area contributed by atoms with Gasteiger partial charge in [-0.1, -0.05) is 12.8 Å². The quantitative estimate of drug-likeness (QED) is 0.783. The third kappa shape index (κ3) is 4.64. The highest BCUT2D eigenvalue weighted by Gasteiger charge is 2.24. The van der Waals surface area contributed by atoms with Crippen molar-refractivity contribution in [3.63, 3.8) is 0 Å². The predicted octanol–water partition coefficient (Wildman–Crippen LogP) is 1.06. The zero-order valence-corrected chi connectivity index (χ0v) is 11.5. The van der Waals surface area contributed by atoms with E-state index in [1.165, 1.54) is 19.3 Å². The van der Waals surface area contributed by atoms with Gasteiger partial charge in [0.25, 0.3) is 0 Å². The van der Waals surface area contributed by atoms with Crippen LogP contribution in [0, 0.1) is 0 Å². The molecule has 0 aromatic rings. The topological polar surface area (TPSA) is 49.6 Å². The van der Waals surface area contributed by atoms with E-state index in [9.17, 15) is 4.79 Å². The second kappa shape index (κ2) is 6.97. The molecule has 1 fully saturated rings. The lowest BCUT2D eigenvalue weighted by Crippen LogP contribution is -2.48. The second-order valence-corrected chi connectivity index (χ2v) is 5.39. The Hall–Kier alpha value is -0.610. The summed E-state index contributed by atoms with van der Waals surface area (Å²) in [4.78, 5) is 15.4. The molecule has 0 aromatic carbocycles. The Kier molecular flexibility index (Phi) is 5.92.